The zero-order valence-corrected chi connectivity index (χ0v) is 13.6. The van der Waals surface area contributed by atoms with E-state index in [4.69, 9.17) is 4.74 Å². The summed E-state index contributed by atoms with van der Waals surface area (Å²) in [6.45, 7) is 8.71. The molecule has 0 aliphatic carbocycles. The molecule has 4 heteroatoms. The van der Waals surface area contributed by atoms with E-state index in [1.54, 1.807) is 0 Å². The van der Waals surface area contributed by atoms with Crippen LogP contribution in [0.3, 0.4) is 0 Å². The standard InChI is InChI=1S/C15H22BrNO2/c1-5-8-19-13-9-11(4)6-7-12(13)17-15(18)14(16)10(2)3/h6-7,9-10,14H,5,8H2,1-4H3,(H,17,18). The summed E-state index contributed by atoms with van der Waals surface area (Å²) in [5, 5.41) is 2.92. The van der Waals surface area contributed by atoms with Gasteiger partial charge in [0.15, 0.2) is 0 Å². The molecule has 1 N–H and O–H groups in total. The minimum Gasteiger partial charge on any atom is -0.491 e. The summed E-state index contributed by atoms with van der Waals surface area (Å²) < 4.78 is 5.68. The highest BCUT2D eigenvalue weighted by Gasteiger charge is 2.19. The zero-order valence-electron chi connectivity index (χ0n) is 12.0. The summed E-state index contributed by atoms with van der Waals surface area (Å²) >= 11 is 3.40. The molecular formula is C15H22BrNO2. The number of hydrogen-bond acceptors (Lipinski definition) is 2. The molecule has 1 aromatic rings. The predicted molar refractivity (Wildman–Crippen MR) is 83.1 cm³/mol. The van der Waals surface area contributed by atoms with Gasteiger partial charge in [-0.1, -0.05) is 42.8 Å². The first-order chi connectivity index (χ1) is 8.95. The van der Waals surface area contributed by atoms with E-state index in [1.165, 1.54) is 0 Å². The number of ether oxygens (including phenoxy) is 1. The Morgan fingerprint density at radius 1 is 1.42 bits per heavy atom. The highest BCUT2D eigenvalue weighted by atomic mass is 79.9. The van der Waals surface area contributed by atoms with Crippen molar-refractivity contribution in [2.75, 3.05) is 11.9 Å². The lowest BCUT2D eigenvalue weighted by Crippen LogP contribution is -2.27. The van der Waals surface area contributed by atoms with Crippen molar-refractivity contribution in [1.29, 1.82) is 0 Å². The van der Waals surface area contributed by atoms with Crippen molar-refractivity contribution in [2.24, 2.45) is 5.92 Å². The molecule has 1 unspecified atom stereocenters. The highest BCUT2D eigenvalue weighted by molar-refractivity contribution is 9.10. The number of hydrogen-bond donors (Lipinski definition) is 1. The largest absolute Gasteiger partial charge is 0.491 e. The van der Waals surface area contributed by atoms with Crippen LogP contribution in [0.15, 0.2) is 18.2 Å². The van der Waals surface area contributed by atoms with E-state index in [2.05, 4.69) is 28.2 Å². The van der Waals surface area contributed by atoms with Crippen LogP contribution in [0.1, 0.15) is 32.8 Å². The number of halogens is 1. The summed E-state index contributed by atoms with van der Waals surface area (Å²) in [6.07, 6.45) is 0.939. The lowest BCUT2D eigenvalue weighted by atomic mass is 10.1. The van der Waals surface area contributed by atoms with Crippen LogP contribution < -0.4 is 10.1 Å². The van der Waals surface area contributed by atoms with Gasteiger partial charge in [-0.15, -0.1) is 0 Å². The molecule has 1 amide bonds. The van der Waals surface area contributed by atoms with Crippen LogP contribution in [-0.2, 0) is 4.79 Å². The van der Waals surface area contributed by atoms with Gasteiger partial charge in [-0.3, -0.25) is 4.79 Å². The predicted octanol–water partition coefficient (Wildman–Crippen LogP) is 4.14. The Kier molecular flexibility index (Phi) is 6.35. The molecule has 0 fully saturated rings. The third-order valence-corrected chi connectivity index (χ3v) is 4.17. The van der Waals surface area contributed by atoms with Crippen LogP contribution in [-0.4, -0.2) is 17.3 Å². The maximum atomic E-state index is 12.1. The number of nitrogens with one attached hydrogen (secondary N) is 1. The molecule has 0 bridgehead atoms. The minimum absolute atomic E-state index is 0.0415. The Morgan fingerprint density at radius 3 is 2.68 bits per heavy atom. The van der Waals surface area contributed by atoms with Crippen molar-refractivity contribution in [2.45, 2.75) is 38.9 Å². The molecule has 0 aliphatic heterocycles. The molecule has 0 radical (unpaired) electrons. The summed E-state index contributed by atoms with van der Waals surface area (Å²) in [4.78, 5) is 11.9. The molecule has 1 atom stereocenters. The number of amides is 1. The Balaban J connectivity index is 2.84. The SMILES string of the molecule is CCCOc1cc(C)ccc1NC(=O)C(Br)C(C)C. The van der Waals surface area contributed by atoms with E-state index in [0.29, 0.717) is 6.61 Å². The van der Waals surface area contributed by atoms with E-state index in [0.717, 1.165) is 23.4 Å². The number of aryl methyl sites for hydroxylation is 1. The van der Waals surface area contributed by atoms with Crippen molar-refractivity contribution >= 4 is 27.5 Å². The van der Waals surface area contributed by atoms with Crippen molar-refractivity contribution in [1.82, 2.24) is 0 Å². The number of carbonyl (C=O) groups is 1. The second-order valence-corrected chi connectivity index (χ2v) is 5.97. The van der Waals surface area contributed by atoms with Crippen LogP contribution in [0.25, 0.3) is 0 Å². The van der Waals surface area contributed by atoms with Gasteiger partial charge in [0.1, 0.15) is 5.75 Å². The van der Waals surface area contributed by atoms with Crippen LogP contribution in [0.2, 0.25) is 0 Å². The van der Waals surface area contributed by atoms with Crippen LogP contribution in [0, 0.1) is 12.8 Å². The maximum absolute atomic E-state index is 12.1. The average molecular weight is 328 g/mol. The monoisotopic (exact) mass is 327 g/mol. The fraction of sp³-hybridized carbons (Fsp3) is 0.533. The third kappa shape index (κ3) is 4.86. The van der Waals surface area contributed by atoms with Crippen LogP contribution in [0.5, 0.6) is 5.75 Å². The molecule has 0 saturated carbocycles. The molecule has 0 saturated heterocycles. The number of alkyl halides is 1. The van der Waals surface area contributed by atoms with Gasteiger partial charge < -0.3 is 10.1 Å². The summed E-state index contributed by atoms with van der Waals surface area (Å²) in [7, 11) is 0. The van der Waals surface area contributed by atoms with Gasteiger partial charge in [0.25, 0.3) is 0 Å². The quantitative estimate of drug-likeness (QED) is 0.797. The van der Waals surface area contributed by atoms with E-state index in [9.17, 15) is 4.79 Å². The van der Waals surface area contributed by atoms with Crippen molar-refractivity contribution in [3.05, 3.63) is 23.8 Å². The van der Waals surface area contributed by atoms with Crippen molar-refractivity contribution in [3.8, 4) is 5.75 Å². The molecule has 0 spiro atoms. The van der Waals surface area contributed by atoms with E-state index < -0.39 is 0 Å². The van der Waals surface area contributed by atoms with Crippen molar-refractivity contribution < 1.29 is 9.53 Å². The second kappa shape index (κ2) is 7.53. The van der Waals surface area contributed by atoms with Gasteiger partial charge in [0, 0.05) is 0 Å². The normalized spacial score (nSPS) is 12.3. The maximum Gasteiger partial charge on any atom is 0.238 e. The molecule has 3 nitrogen and oxygen atoms in total. The minimum atomic E-state index is -0.201. The Bertz CT molecular complexity index is 432. The summed E-state index contributed by atoms with van der Waals surface area (Å²) in [5.74, 6) is 0.935. The Labute approximate surface area is 123 Å². The molecule has 0 aromatic heterocycles. The fourth-order valence-corrected chi connectivity index (χ4v) is 1.68. The topological polar surface area (TPSA) is 38.3 Å². The summed E-state index contributed by atoms with van der Waals surface area (Å²) in [6, 6.07) is 5.80. The first kappa shape index (κ1) is 16.0. The smallest absolute Gasteiger partial charge is 0.238 e. The van der Waals surface area contributed by atoms with Crippen LogP contribution >= 0.6 is 15.9 Å². The van der Waals surface area contributed by atoms with Gasteiger partial charge in [-0.2, -0.15) is 0 Å². The van der Waals surface area contributed by atoms with Gasteiger partial charge in [0.2, 0.25) is 5.91 Å². The van der Waals surface area contributed by atoms with Crippen molar-refractivity contribution in [3.63, 3.8) is 0 Å². The molecule has 0 aliphatic rings. The first-order valence-corrected chi connectivity index (χ1v) is 7.55. The summed E-state index contributed by atoms with van der Waals surface area (Å²) in [5.41, 5.74) is 1.84. The van der Waals surface area contributed by atoms with Gasteiger partial charge >= 0.3 is 0 Å². The lowest BCUT2D eigenvalue weighted by Gasteiger charge is -2.16. The average Bonchev–Trinajstić information content (AvgIpc) is 2.37. The fourth-order valence-electron chi connectivity index (χ4n) is 1.57. The Hall–Kier alpha value is -1.03. The molecule has 0 heterocycles. The lowest BCUT2D eigenvalue weighted by molar-refractivity contribution is -0.116. The number of carbonyl (C=O) groups excluding carboxylic acids is 1. The number of anilines is 1. The van der Waals surface area contributed by atoms with Gasteiger partial charge in [-0.05, 0) is 37.0 Å². The second-order valence-electron chi connectivity index (χ2n) is 4.98. The van der Waals surface area contributed by atoms with E-state index in [1.807, 2.05) is 39.0 Å². The molecular weight excluding hydrogens is 306 g/mol. The highest BCUT2D eigenvalue weighted by Crippen LogP contribution is 2.27. The molecule has 19 heavy (non-hydrogen) atoms. The number of rotatable bonds is 6. The molecule has 1 rings (SSSR count). The van der Waals surface area contributed by atoms with Crippen LogP contribution in [0.4, 0.5) is 5.69 Å². The van der Waals surface area contributed by atoms with Gasteiger partial charge in [0.05, 0.1) is 17.1 Å². The zero-order chi connectivity index (χ0) is 14.4. The third-order valence-electron chi connectivity index (χ3n) is 2.69. The van der Waals surface area contributed by atoms with E-state index in [-0.39, 0.29) is 16.7 Å². The Morgan fingerprint density at radius 2 is 2.11 bits per heavy atom. The number of benzene rings is 1. The van der Waals surface area contributed by atoms with E-state index >= 15 is 0 Å². The first-order valence-electron chi connectivity index (χ1n) is 6.64. The molecule has 106 valence electrons. The molecule has 1 aromatic carbocycles. The van der Waals surface area contributed by atoms with Gasteiger partial charge in [-0.25, -0.2) is 0 Å².